The summed E-state index contributed by atoms with van der Waals surface area (Å²) in [6.45, 7) is 1.41. The summed E-state index contributed by atoms with van der Waals surface area (Å²) in [6.07, 6.45) is 7.12. The maximum Gasteiger partial charge on any atom is 0.275 e. The second-order valence-corrected chi connectivity index (χ2v) is 6.54. The molecule has 4 rings (SSSR count). The number of nitrogens with one attached hydrogen (secondary N) is 1. The van der Waals surface area contributed by atoms with E-state index in [2.05, 4.69) is 20.4 Å². The average Bonchev–Trinajstić information content (AvgIpc) is 3.04. The molecule has 2 aliphatic rings. The van der Waals surface area contributed by atoms with E-state index in [1.54, 1.807) is 35.1 Å². The first kappa shape index (κ1) is 16.0. The maximum absolute atomic E-state index is 12.8. The fourth-order valence-corrected chi connectivity index (χ4v) is 3.11. The predicted octanol–water partition coefficient (Wildman–Crippen LogP) is 1.39. The number of hydrogen-bond acceptors (Lipinski definition) is 6. The summed E-state index contributed by atoms with van der Waals surface area (Å²) in [6, 6.07) is 3.80. The largest absolute Gasteiger partial charge is 0.377 e. The molecule has 8 heteroatoms. The molecule has 1 atom stereocenters. The van der Waals surface area contributed by atoms with Gasteiger partial charge in [-0.15, -0.1) is 0 Å². The van der Waals surface area contributed by atoms with E-state index in [1.165, 1.54) is 19.3 Å². The monoisotopic (exact) mass is 342 g/mol. The number of nitrogens with zero attached hydrogens (tertiary/aromatic N) is 5. The highest BCUT2D eigenvalue weighted by atomic mass is 16.5. The number of hydrogen-bond donors (Lipinski definition) is 1. The van der Waals surface area contributed by atoms with E-state index in [1.807, 2.05) is 6.07 Å². The van der Waals surface area contributed by atoms with Crippen molar-refractivity contribution < 1.29 is 9.53 Å². The molecule has 2 aromatic heterocycles. The summed E-state index contributed by atoms with van der Waals surface area (Å²) < 4.78 is 7.22. The van der Waals surface area contributed by atoms with Crippen LogP contribution in [0.2, 0.25) is 0 Å². The Morgan fingerprint density at radius 2 is 2.24 bits per heavy atom. The second kappa shape index (κ2) is 6.79. The molecule has 132 valence electrons. The van der Waals surface area contributed by atoms with Gasteiger partial charge in [0.1, 0.15) is 17.6 Å². The normalized spacial score (nSPS) is 21.0. The molecule has 3 heterocycles. The van der Waals surface area contributed by atoms with Crippen LogP contribution in [0, 0.1) is 0 Å². The van der Waals surface area contributed by atoms with E-state index in [9.17, 15) is 4.79 Å². The smallest absolute Gasteiger partial charge is 0.275 e. The van der Waals surface area contributed by atoms with Crippen molar-refractivity contribution in [3.63, 3.8) is 0 Å². The van der Waals surface area contributed by atoms with Crippen LogP contribution in [0.3, 0.4) is 0 Å². The van der Waals surface area contributed by atoms with Crippen molar-refractivity contribution in [1.82, 2.24) is 24.6 Å². The zero-order chi connectivity index (χ0) is 17.2. The van der Waals surface area contributed by atoms with Gasteiger partial charge in [0.2, 0.25) is 0 Å². The lowest BCUT2D eigenvalue weighted by Gasteiger charge is -2.34. The Morgan fingerprint density at radius 1 is 1.36 bits per heavy atom. The summed E-state index contributed by atoms with van der Waals surface area (Å²) in [5.74, 6) is 1.30. The van der Waals surface area contributed by atoms with Gasteiger partial charge in [-0.1, -0.05) is 0 Å². The minimum absolute atomic E-state index is 0.116. The first-order chi connectivity index (χ1) is 12.2. The molecule has 1 saturated heterocycles. The average molecular weight is 342 g/mol. The molecule has 1 aliphatic carbocycles. The van der Waals surface area contributed by atoms with Crippen molar-refractivity contribution in [3.05, 3.63) is 36.0 Å². The van der Waals surface area contributed by atoms with Gasteiger partial charge in [-0.3, -0.25) is 9.48 Å². The molecule has 1 N–H and O–H groups in total. The van der Waals surface area contributed by atoms with Crippen LogP contribution in [-0.2, 0) is 11.8 Å². The Kier molecular flexibility index (Phi) is 4.35. The number of carbonyl (C=O) groups is 1. The highest BCUT2D eigenvalue weighted by molar-refractivity contribution is 5.92. The van der Waals surface area contributed by atoms with Gasteiger partial charge in [0.15, 0.2) is 5.82 Å². The number of aryl methyl sites for hydroxylation is 1. The first-order valence-corrected chi connectivity index (χ1v) is 8.68. The number of ether oxygens (including phenoxy) is 1. The lowest BCUT2D eigenvalue weighted by molar-refractivity contribution is -0.00553. The quantitative estimate of drug-likeness (QED) is 0.904. The van der Waals surface area contributed by atoms with Crippen LogP contribution >= 0.6 is 0 Å². The molecule has 2 fully saturated rings. The molecule has 0 radical (unpaired) electrons. The number of carbonyl (C=O) groups excluding carboxylic acids is 1. The minimum atomic E-state index is -0.300. The van der Waals surface area contributed by atoms with Crippen molar-refractivity contribution >= 4 is 11.7 Å². The van der Waals surface area contributed by atoms with E-state index in [0.717, 1.165) is 5.82 Å². The molecule has 0 spiro atoms. The van der Waals surface area contributed by atoms with Gasteiger partial charge in [-0.25, -0.2) is 9.97 Å². The van der Waals surface area contributed by atoms with Gasteiger partial charge >= 0.3 is 0 Å². The SMILES string of the molecule is Cn1ccc(C(=O)N2CCOCC2c2nccc(NC3CCC3)n2)n1. The van der Waals surface area contributed by atoms with Crippen molar-refractivity contribution in [2.24, 2.45) is 7.05 Å². The van der Waals surface area contributed by atoms with E-state index in [0.29, 0.717) is 37.3 Å². The van der Waals surface area contributed by atoms with Crippen LogP contribution < -0.4 is 5.32 Å². The molecule has 0 aromatic carbocycles. The molecule has 25 heavy (non-hydrogen) atoms. The first-order valence-electron chi connectivity index (χ1n) is 8.68. The van der Waals surface area contributed by atoms with Crippen molar-refractivity contribution in [2.75, 3.05) is 25.1 Å². The standard InChI is InChI=1S/C17H22N6O2/c1-22-8-6-13(21-22)17(24)23-9-10-25-11-14(23)16-18-7-5-15(20-16)19-12-3-2-4-12/h5-8,12,14H,2-4,9-11H2,1H3,(H,18,19,20). The lowest BCUT2D eigenvalue weighted by atomic mass is 9.93. The third-order valence-corrected chi connectivity index (χ3v) is 4.75. The van der Waals surface area contributed by atoms with Gasteiger partial charge in [-0.2, -0.15) is 5.10 Å². The van der Waals surface area contributed by atoms with Crippen LogP contribution in [0.15, 0.2) is 24.5 Å². The van der Waals surface area contributed by atoms with Crippen LogP contribution in [0.4, 0.5) is 5.82 Å². The van der Waals surface area contributed by atoms with Crippen molar-refractivity contribution in [3.8, 4) is 0 Å². The molecule has 8 nitrogen and oxygen atoms in total. The second-order valence-electron chi connectivity index (χ2n) is 6.54. The van der Waals surface area contributed by atoms with Crippen LogP contribution in [0.1, 0.15) is 41.6 Å². The summed E-state index contributed by atoms with van der Waals surface area (Å²) >= 11 is 0. The Labute approximate surface area is 146 Å². The summed E-state index contributed by atoms with van der Waals surface area (Å²) in [7, 11) is 1.80. The molecular formula is C17H22N6O2. The van der Waals surface area contributed by atoms with Gasteiger partial charge < -0.3 is 15.0 Å². The van der Waals surface area contributed by atoms with E-state index in [-0.39, 0.29) is 11.9 Å². The Bertz CT molecular complexity index is 757. The summed E-state index contributed by atoms with van der Waals surface area (Å²) in [4.78, 5) is 23.6. The highest BCUT2D eigenvalue weighted by Gasteiger charge is 2.32. The summed E-state index contributed by atoms with van der Waals surface area (Å²) in [5, 5.41) is 7.65. The molecule has 1 saturated carbocycles. The van der Waals surface area contributed by atoms with Gasteiger partial charge in [0.05, 0.1) is 13.2 Å². The number of aromatic nitrogens is 4. The number of rotatable bonds is 4. The Hall–Kier alpha value is -2.48. The number of anilines is 1. The molecule has 1 unspecified atom stereocenters. The fourth-order valence-electron chi connectivity index (χ4n) is 3.11. The van der Waals surface area contributed by atoms with Crippen LogP contribution in [-0.4, -0.2) is 56.4 Å². The zero-order valence-electron chi connectivity index (χ0n) is 14.3. The van der Waals surface area contributed by atoms with E-state index < -0.39 is 0 Å². The maximum atomic E-state index is 12.8. The van der Waals surface area contributed by atoms with Crippen LogP contribution in [0.5, 0.6) is 0 Å². The van der Waals surface area contributed by atoms with Gasteiger partial charge in [0.25, 0.3) is 5.91 Å². The molecule has 1 amide bonds. The Morgan fingerprint density at radius 3 is 2.96 bits per heavy atom. The fraction of sp³-hybridized carbons (Fsp3) is 0.529. The lowest BCUT2D eigenvalue weighted by Crippen LogP contribution is -2.44. The molecule has 0 bridgehead atoms. The van der Waals surface area contributed by atoms with Crippen LogP contribution in [0.25, 0.3) is 0 Å². The number of morpholine rings is 1. The Balaban J connectivity index is 1.56. The van der Waals surface area contributed by atoms with E-state index >= 15 is 0 Å². The highest BCUT2D eigenvalue weighted by Crippen LogP contribution is 2.26. The topological polar surface area (TPSA) is 85.2 Å². The van der Waals surface area contributed by atoms with Crippen molar-refractivity contribution in [1.29, 1.82) is 0 Å². The zero-order valence-corrected chi connectivity index (χ0v) is 14.3. The predicted molar refractivity (Wildman–Crippen MR) is 91.1 cm³/mol. The van der Waals surface area contributed by atoms with Gasteiger partial charge in [-0.05, 0) is 31.4 Å². The molecule has 1 aliphatic heterocycles. The van der Waals surface area contributed by atoms with Crippen molar-refractivity contribution in [2.45, 2.75) is 31.3 Å². The molecular weight excluding hydrogens is 320 g/mol. The summed E-state index contributed by atoms with van der Waals surface area (Å²) in [5.41, 5.74) is 0.429. The van der Waals surface area contributed by atoms with Gasteiger partial charge in [0, 0.05) is 32.0 Å². The van der Waals surface area contributed by atoms with E-state index in [4.69, 9.17) is 4.74 Å². The third-order valence-electron chi connectivity index (χ3n) is 4.75. The molecule has 2 aromatic rings. The minimum Gasteiger partial charge on any atom is -0.377 e. The third kappa shape index (κ3) is 3.34. The number of amides is 1.